The molecule has 0 heterocycles. The molecule has 0 aliphatic carbocycles. The molecule has 0 fully saturated rings. The average molecular weight is 360 g/mol. The van der Waals surface area contributed by atoms with Crippen LogP contribution >= 0.6 is 0 Å². The van der Waals surface area contributed by atoms with Gasteiger partial charge in [-0.15, -0.1) is 0 Å². The molecule has 0 radical (unpaired) electrons. The van der Waals surface area contributed by atoms with E-state index in [1.165, 1.54) is 0 Å². The largest absolute Gasteiger partial charge is 4.00 e. The van der Waals surface area contributed by atoms with Crippen LogP contribution < -0.4 is 20.4 Å². The van der Waals surface area contributed by atoms with E-state index in [2.05, 4.69) is 9.47 Å². The molecule has 0 unspecified atom stereocenters. The maximum absolute atomic E-state index is 9.53. The summed E-state index contributed by atoms with van der Waals surface area (Å²) in [5.41, 5.74) is 0. The summed E-state index contributed by atoms with van der Waals surface area (Å²) in [6.45, 7) is -2.86. The Hall–Kier alpha value is -1.51. The zero-order valence-electron chi connectivity index (χ0n) is 9.32. The zero-order chi connectivity index (χ0) is 14.6. The minimum absolute atomic E-state index is 0. The quantitative estimate of drug-likeness (QED) is 0.377. The van der Waals surface area contributed by atoms with Crippen LogP contribution in [-0.2, 0) is 49.7 Å². The smallest absolute Gasteiger partial charge is 0.548 e. The predicted octanol–water partition coefficient (Wildman–Crippen LogP) is -7.00. The van der Waals surface area contributed by atoms with Crippen LogP contribution in [0.15, 0.2) is 0 Å². The van der Waals surface area contributed by atoms with Gasteiger partial charge < -0.3 is 49.1 Å². The first-order chi connectivity index (χ1) is 8.25. The van der Waals surface area contributed by atoms with Crippen molar-refractivity contribution < 1.29 is 70.1 Å². The number of carboxylic acid groups (broad SMARTS) is 4. The second-order valence-electron chi connectivity index (χ2n) is 2.47. The van der Waals surface area contributed by atoms with Crippen LogP contribution in [-0.4, -0.2) is 50.3 Å². The third-order valence-corrected chi connectivity index (χ3v) is 0.880. The van der Waals surface area contributed by atoms with Crippen molar-refractivity contribution in [3.8, 4) is 0 Å². The summed E-state index contributed by atoms with van der Waals surface area (Å²) < 4.78 is 8.06. The van der Waals surface area contributed by atoms with Gasteiger partial charge in [-0.1, -0.05) is 0 Å². The Morgan fingerprint density at radius 2 is 0.737 bits per heavy atom. The summed E-state index contributed by atoms with van der Waals surface area (Å²) in [6, 6.07) is 0. The number of ether oxygens (including phenoxy) is 2. The van der Waals surface area contributed by atoms with E-state index in [0.29, 0.717) is 0 Å². The van der Waals surface area contributed by atoms with Crippen LogP contribution in [0.1, 0.15) is 0 Å². The standard InChI is InChI=1S/2C4H6O5.Mo/c2*5-3(6)1-9-2-4(7)8;/h2*1-2H2,(H,5,6)(H,7,8);/q;;+4/p-4. The number of hydrogen-bond donors (Lipinski definition) is 0. The average Bonchev–Trinajstić information content (AvgIpc) is 2.15. The molecule has 0 aromatic carbocycles. The van der Waals surface area contributed by atoms with E-state index < -0.39 is 50.3 Å². The third-order valence-electron chi connectivity index (χ3n) is 0.880. The monoisotopic (exact) mass is 362 g/mol. The van der Waals surface area contributed by atoms with E-state index in [1.54, 1.807) is 0 Å². The fourth-order valence-corrected chi connectivity index (χ4v) is 0.435. The number of hydrogen-bond acceptors (Lipinski definition) is 10. The molecule has 0 aromatic heterocycles. The van der Waals surface area contributed by atoms with E-state index in [9.17, 15) is 39.6 Å². The van der Waals surface area contributed by atoms with Crippen LogP contribution in [0.4, 0.5) is 0 Å². The fourth-order valence-electron chi connectivity index (χ4n) is 0.435. The van der Waals surface area contributed by atoms with Gasteiger partial charge in [0.1, 0.15) is 0 Å². The summed E-state index contributed by atoms with van der Waals surface area (Å²) in [4.78, 5) is 38.1. The molecule has 19 heavy (non-hydrogen) atoms. The maximum atomic E-state index is 9.53. The van der Waals surface area contributed by atoms with Crippen LogP contribution in [0.2, 0.25) is 0 Å². The molecule has 0 rings (SSSR count). The first-order valence-corrected chi connectivity index (χ1v) is 4.20. The Bertz CT molecular complexity index is 244. The molecule has 0 aromatic rings. The SMILES string of the molecule is O=C([O-])COCC(=O)[O-].O=C([O-])COCC(=O)[O-].[Mo+4]. The van der Waals surface area contributed by atoms with Gasteiger partial charge in [-0.3, -0.25) is 0 Å². The van der Waals surface area contributed by atoms with Crippen LogP contribution in [0.5, 0.6) is 0 Å². The van der Waals surface area contributed by atoms with Gasteiger partial charge in [-0.2, -0.15) is 0 Å². The van der Waals surface area contributed by atoms with Crippen LogP contribution in [0.3, 0.4) is 0 Å². The minimum Gasteiger partial charge on any atom is -0.548 e. The number of rotatable bonds is 8. The number of carboxylic acids is 4. The Morgan fingerprint density at radius 3 is 0.842 bits per heavy atom. The van der Waals surface area contributed by atoms with Crippen molar-refractivity contribution in [2.75, 3.05) is 26.4 Å². The fraction of sp³-hybridized carbons (Fsp3) is 0.500. The Balaban J connectivity index is -0.000000256. The van der Waals surface area contributed by atoms with Crippen molar-refractivity contribution in [1.82, 2.24) is 0 Å². The van der Waals surface area contributed by atoms with Gasteiger partial charge in [0.2, 0.25) is 0 Å². The van der Waals surface area contributed by atoms with Gasteiger partial charge in [0.05, 0.1) is 50.3 Å². The predicted molar refractivity (Wildman–Crippen MR) is 41.7 cm³/mol. The molecule has 0 saturated carbocycles. The van der Waals surface area contributed by atoms with Gasteiger partial charge in [0.25, 0.3) is 0 Å². The van der Waals surface area contributed by atoms with Crippen LogP contribution in [0.25, 0.3) is 0 Å². The molecule has 11 heteroatoms. The second kappa shape index (κ2) is 14.5. The summed E-state index contributed by atoms with van der Waals surface area (Å²) in [5.74, 6) is -5.79. The Morgan fingerprint density at radius 1 is 0.579 bits per heavy atom. The van der Waals surface area contributed by atoms with E-state index in [-0.39, 0.29) is 21.1 Å². The molecule has 0 spiro atoms. The second-order valence-corrected chi connectivity index (χ2v) is 2.47. The molecule has 0 N–H and O–H groups in total. The van der Waals surface area contributed by atoms with Crippen molar-refractivity contribution in [3.05, 3.63) is 0 Å². The first-order valence-electron chi connectivity index (χ1n) is 4.20. The van der Waals surface area contributed by atoms with Crippen molar-refractivity contribution >= 4 is 23.9 Å². The van der Waals surface area contributed by atoms with Crippen molar-refractivity contribution in [2.24, 2.45) is 0 Å². The van der Waals surface area contributed by atoms with Gasteiger partial charge in [-0.05, 0) is 0 Å². The molecule has 0 bridgehead atoms. The third kappa shape index (κ3) is 31.5. The molecule has 0 saturated heterocycles. The first kappa shape index (κ1) is 22.6. The molecule has 106 valence electrons. The van der Waals surface area contributed by atoms with Crippen LogP contribution in [0, 0.1) is 0 Å². The zero-order valence-corrected chi connectivity index (χ0v) is 11.3. The summed E-state index contributed by atoms with van der Waals surface area (Å²) in [7, 11) is 0. The van der Waals surface area contributed by atoms with Gasteiger partial charge in [0, 0.05) is 0 Å². The molecule has 0 atom stereocenters. The molecule has 0 aliphatic rings. The number of aliphatic carboxylic acids is 4. The van der Waals surface area contributed by atoms with E-state index in [1.807, 2.05) is 0 Å². The van der Waals surface area contributed by atoms with Gasteiger partial charge in [0.15, 0.2) is 0 Å². The maximum Gasteiger partial charge on any atom is 4.00 e. The summed E-state index contributed by atoms with van der Waals surface area (Å²) in [5, 5.41) is 38.1. The molecule has 10 nitrogen and oxygen atoms in total. The van der Waals surface area contributed by atoms with E-state index in [4.69, 9.17) is 0 Å². The van der Waals surface area contributed by atoms with E-state index in [0.717, 1.165) is 0 Å². The van der Waals surface area contributed by atoms with Gasteiger partial charge in [-0.25, -0.2) is 0 Å². The molecule has 0 amide bonds. The topological polar surface area (TPSA) is 179 Å². The minimum atomic E-state index is -1.45. The van der Waals surface area contributed by atoms with E-state index >= 15 is 0 Å². The Labute approximate surface area is 121 Å². The van der Waals surface area contributed by atoms with Crippen molar-refractivity contribution in [2.45, 2.75) is 0 Å². The molecule has 0 aliphatic heterocycles. The summed E-state index contributed by atoms with van der Waals surface area (Å²) in [6.07, 6.45) is 0. The Kier molecular flexibility index (Phi) is 17.3. The van der Waals surface area contributed by atoms with Crippen molar-refractivity contribution in [1.29, 1.82) is 0 Å². The number of carbonyl (C=O) groups is 4. The van der Waals surface area contributed by atoms with Crippen molar-refractivity contribution in [3.63, 3.8) is 0 Å². The number of carbonyl (C=O) groups excluding carboxylic acids is 4. The van der Waals surface area contributed by atoms with Gasteiger partial charge >= 0.3 is 21.1 Å². The normalized spacial score (nSPS) is 8.42. The molecular formula is C8H8MoO10. The molecular weight excluding hydrogens is 352 g/mol. The summed E-state index contributed by atoms with van der Waals surface area (Å²) >= 11 is 0.